The van der Waals surface area contributed by atoms with Gasteiger partial charge < -0.3 is 19.7 Å². The van der Waals surface area contributed by atoms with Gasteiger partial charge in [0.05, 0.1) is 19.3 Å². The van der Waals surface area contributed by atoms with Crippen LogP contribution in [0.3, 0.4) is 0 Å². The molecule has 6 heteroatoms. The van der Waals surface area contributed by atoms with Gasteiger partial charge in [-0.25, -0.2) is 0 Å². The highest BCUT2D eigenvalue weighted by Crippen LogP contribution is 2.27. The van der Waals surface area contributed by atoms with Crippen LogP contribution in [0, 0.1) is 5.41 Å². The van der Waals surface area contributed by atoms with Crippen molar-refractivity contribution in [1.82, 2.24) is 4.90 Å². The topological polar surface area (TPSA) is 67.9 Å². The fourth-order valence-electron chi connectivity index (χ4n) is 3.31. The molecule has 2 aliphatic heterocycles. The SMILES string of the molecule is CC(C)(C)C(=O)Nc1cccc(C(=O)N2CCCCC2C2OCCO2)c1. The first kappa shape index (κ1) is 18.9. The van der Waals surface area contributed by atoms with E-state index in [9.17, 15) is 9.59 Å². The fourth-order valence-corrected chi connectivity index (χ4v) is 3.31. The quantitative estimate of drug-likeness (QED) is 0.900. The zero-order valence-corrected chi connectivity index (χ0v) is 15.8. The predicted molar refractivity (Wildman–Crippen MR) is 98.9 cm³/mol. The number of nitrogens with zero attached hydrogens (tertiary/aromatic N) is 1. The molecule has 1 unspecified atom stereocenters. The second-order valence-electron chi connectivity index (χ2n) is 7.96. The minimum absolute atomic E-state index is 0.0411. The van der Waals surface area contributed by atoms with Crippen LogP contribution in [0.15, 0.2) is 24.3 Å². The summed E-state index contributed by atoms with van der Waals surface area (Å²) in [5.74, 6) is -0.119. The van der Waals surface area contributed by atoms with Crippen LogP contribution in [-0.4, -0.2) is 48.8 Å². The summed E-state index contributed by atoms with van der Waals surface area (Å²) in [6.45, 7) is 7.44. The monoisotopic (exact) mass is 360 g/mol. The van der Waals surface area contributed by atoms with Gasteiger partial charge in [0.1, 0.15) is 0 Å². The van der Waals surface area contributed by atoms with Gasteiger partial charge in [0.15, 0.2) is 6.29 Å². The Morgan fingerprint density at radius 1 is 1.15 bits per heavy atom. The summed E-state index contributed by atoms with van der Waals surface area (Å²) >= 11 is 0. The van der Waals surface area contributed by atoms with Crippen LogP contribution >= 0.6 is 0 Å². The molecule has 26 heavy (non-hydrogen) atoms. The van der Waals surface area contributed by atoms with Crippen LogP contribution < -0.4 is 5.32 Å². The molecule has 2 amide bonds. The smallest absolute Gasteiger partial charge is 0.254 e. The third-order valence-electron chi connectivity index (χ3n) is 4.82. The molecule has 3 rings (SSSR count). The lowest BCUT2D eigenvalue weighted by molar-refractivity contribution is -0.123. The van der Waals surface area contributed by atoms with Crippen LogP contribution in [0.25, 0.3) is 0 Å². The van der Waals surface area contributed by atoms with Crippen molar-refractivity contribution in [2.24, 2.45) is 5.41 Å². The molecule has 0 radical (unpaired) electrons. The lowest BCUT2D eigenvalue weighted by Gasteiger charge is -2.38. The molecule has 2 saturated heterocycles. The van der Waals surface area contributed by atoms with Crippen LogP contribution in [0.4, 0.5) is 5.69 Å². The normalized spacial score (nSPS) is 21.7. The Morgan fingerprint density at radius 3 is 2.58 bits per heavy atom. The maximum Gasteiger partial charge on any atom is 0.254 e. The summed E-state index contributed by atoms with van der Waals surface area (Å²) in [6.07, 6.45) is 2.61. The Bertz CT molecular complexity index is 662. The molecule has 2 heterocycles. The highest BCUT2D eigenvalue weighted by Gasteiger charge is 2.36. The van der Waals surface area contributed by atoms with Crippen molar-refractivity contribution >= 4 is 17.5 Å². The summed E-state index contributed by atoms with van der Waals surface area (Å²) in [7, 11) is 0. The number of ether oxygens (including phenoxy) is 2. The molecule has 2 fully saturated rings. The van der Waals surface area contributed by atoms with Crippen LogP contribution in [0.5, 0.6) is 0 Å². The summed E-state index contributed by atoms with van der Waals surface area (Å²) in [5, 5.41) is 2.89. The molecule has 1 atom stereocenters. The predicted octanol–water partition coefficient (Wildman–Crippen LogP) is 3.04. The Morgan fingerprint density at radius 2 is 1.88 bits per heavy atom. The molecule has 0 saturated carbocycles. The molecular weight excluding hydrogens is 332 g/mol. The van der Waals surface area contributed by atoms with Gasteiger partial charge in [0.2, 0.25) is 5.91 Å². The van der Waals surface area contributed by atoms with E-state index in [0.717, 1.165) is 19.3 Å². The second-order valence-corrected chi connectivity index (χ2v) is 7.96. The molecule has 0 spiro atoms. The number of carbonyl (C=O) groups excluding carboxylic acids is 2. The zero-order valence-electron chi connectivity index (χ0n) is 15.8. The largest absolute Gasteiger partial charge is 0.348 e. The van der Waals surface area contributed by atoms with Gasteiger partial charge in [-0.2, -0.15) is 0 Å². The number of rotatable bonds is 3. The fraction of sp³-hybridized carbons (Fsp3) is 0.600. The number of hydrogen-bond acceptors (Lipinski definition) is 4. The third-order valence-corrected chi connectivity index (χ3v) is 4.82. The Hall–Kier alpha value is -1.92. The molecule has 142 valence electrons. The number of likely N-dealkylation sites (tertiary alicyclic amines) is 1. The van der Waals surface area contributed by atoms with Gasteiger partial charge in [-0.05, 0) is 37.5 Å². The van der Waals surface area contributed by atoms with Gasteiger partial charge in [-0.3, -0.25) is 9.59 Å². The first-order valence-corrected chi connectivity index (χ1v) is 9.32. The van der Waals surface area contributed by atoms with Crippen molar-refractivity contribution in [1.29, 1.82) is 0 Å². The molecule has 0 aromatic heterocycles. The summed E-state index contributed by atoms with van der Waals surface area (Å²) in [5.41, 5.74) is 0.717. The summed E-state index contributed by atoms with van der Waals surface area (Å²) in [6, 6.07) is 7.08. The minimum atomic E-state index is -0.491. The average Bonchev–Trinajstić information content (AvgIpc) is 3.15. The maximum atomic E-state index is 13.1. The molecular formula is C20H28N2O4. The summed E-state index contributed by atoms with van der Waals surface area (Å²) in [4.78, 5) is 27.2. The van der Waals surface area contributed by atoms with E-state index in [0.29, 0.717) is 31.0 Å². The lowest BCUT2D eigenvalue weighted by atomic mass is 9.95. The van der Waals surface area contributed by atoms with Crippen LogP contribution in [-0.2, 0) is 14.3 Å². The minimum Gasteiger partial charge on any atom is -0.348 e. The van der Waals surface area contributed by atoms with Gasteiger partial charge >= 0.3 is 0 Å². The van der Waals surface area contributed by atoms with Crippen molar-refractivity contribution in [2.75, 3.05) is 25.1 Å². The third kappa shape index (κ3) is 4.24. The van der Waals surface area contributed by atoms with E-state index >= 15 is 0 Å². The van der Waals surface area contributed by atoms with Crippen molar-refractivity contribution in [2.45, 2.75) is 52.4 Å². The maximum absolute atomic E-state index is 13.1. The average molecular weight is 360 g/mol. The Balaban J connectivity index is 1.76. The van der Waals surface area contributed by atoms with E-state index < -0.39 is 5.41 Å². The van der Waals surface area contributed by atoms with Crippen LogP contribution in [0.1, 0.15) is 50.4 Å². The van der Waals surface area contributed by atoms with Gasteiger partial charge in [-0.1, -0.05) is 26.8 Å². The molecule has 1 aromatic rings. The van der Waals surface area contributed by atoms with E-state index in [1.807, 2.05) is 25.7 Å². The van der Waals surface area contributed by atoms with Gasteiger partial charge in [0.25, 0.3) is 5.91 Å². The highest BCUT2D eigenvalue weighted by molar-refractivity contribution is 5.98. The second kappa shape index (κ2) is 7.76. The number of piperidine rings is 1. The number of benzene rings is 1. The molecule has 1 N–H and O–H groups in total. The number of carbonyl (C=O) groups is 2. The zero-order chi connectivity index (χ0) is 18.7. The standard InChI is InChI=1S/C20H28N2O4/c1-20(2,3)19(24)21-15-8-6-7-14(13-15)17(23)22-10-5-4-9-16(22)18-25-11-12-26-18/h6-8,13,16,18H,4-5,9-12H2,1-3H3,(H,21,24). The van der Waals surface area contributed by atoms with E-state index in [1.165, 1.54) is 0 Å². The summed E-state index contributed by atoms with van der Waals surface area (Å²) < 4.78 is 11.3. The number of nitrogens with one attached hydrogen (secondary N) is 1. The van der Waals surface area contributed by atoms with Gasteiger partial charge in [0, 0.05) is 23.2 Å². The van der Waals surface area contributed by atoms with E-state index in [4.69, 9.17) is 9.47 Å². The first-order chi connectivity index (χ1) is 12.4. The van der Waals surface area contributed by atoms with Crippen LogP contribution in [0.2, 0.25) is 0 Å². The number of amides is 2. The lowest BCUT2D eigenvalue weighted by Crippen LogP contribution is -2.50. The van der Waals surface area contributed by atoms with E-state index in [1.54, 1.807) is 24.3 Å². The van der Waals surface area contributed by atoms with Crippen molar-refractivity contribution in [3.63, 3.8) is 0 Å². The van der Waals surface area contributed by atoms with Crippen molar-refractivity contribution in [3.05, 3.63) is 29.8 Å². The Kier molecular flexibility index (Phi) is 5.63. The van der Waals surface area contributed by atoms with E-state index in [-0.39, 0.29) is 24.1 Å². The number of anilines is 1. The van der Waals surface area contributed by atoms with Gasteiger partial charge in [-0.15, -0.1) is 0 Å². The van der Waals surface area contributed by atoms with Crippen molar-refractivity contribution < 1.29 is 19.1 Å². The molecule has 0 bridgehead atoms. The first-order valence-electron chi connectivity index (χ1n) is 9.32. The molecule has 6 nitrogen and oxygen atoms in total. The Labute approximate surface area is 154 Å². The van der Waals surface area contributed by atoms with E-state index in [2.05, 4.69) is 5.32 Å². The number of hydrogen-bond donors (Lipinski definition) is 1. The highest BCUT2D eigenvalue weighted by atomic mass is 16.7. The molecule has 1 aromatic carbocycles. The molecule has 0 aliphatic carbocycles. The molecule has 2 aliphatic rings. The van der Waals surface area contributed by atoms with Crippen molar-refractivity contribution in [3.8, 4) is 0 Å².